The fourth-order valence-corrected chi connectivity index (χ4v) is 2.91. The Morgan fingerprint density at radius 3 is 2.69 bits per heavy atom. The molecule has 2 rings (SSSR count). The first-order chi connectivity index (χ1) is 12.3. The Hall–Kier alpha value is -2.42. The number of nitrogens with one attached hydrogen (secondary N) is 4. The molecule has 142 valence electrons. The lowest BCUT2D eigenvalue weighted by Gasteiger charge is -2.20. The minimum Gasteiger partial charge on any atom is -0.450 e. The van der Waals surface area contributed by atoms with Crippen LogP contribution in [0.2, 0.25) is 0 Å². The zero-order chi connectivity index (χ0) is 19.3. The molecule has 1 aromatic carbocycles. The molecule has 0 aliphatic carbocycles. The van der Waals surface area contributed by atoms with Crippen molar-refractivity contribution in [3.05, 3.63) is 28.3 Å². The predicted octanol–water partition coefficient (Wildman–Crippen LogP) is 3.26. The van der Waals surface area contributed by atoms with Gasteiger partial charge >= 0.3 is 6.09 Å². The van der Waals surface area contributed by atoms with Gasteiger partial charge in [-0.2, -0.15) is 0 Å². The van der Waals surface area contributed by atoms with E-state index in [4.69, 9.17) is 17.0 Å². The van der Waals surface area contributed by atoms with E-state index in [1.54, 1.807) is 6.92 Å². The van der Waals surface area contributed by atoms with Gasteiger partial charge in [-0.15, -0.1) is 0 Å². The molecular formula is C17H23FN4O3S. The average Bonchev–Trinajstić information content (AvgIpc) is 2.91. The van der Waals surface area contributed by atoms with Gasteiger partial charge in [0.2, 0.25) is 0 Å². The zero-order valence-electron chi connectivity index (χ0n) is 14.9. The van der Waals surface area contributed by atoms with E-state index in [-0.39, 0.29) is 24.8 Å². The van der Waals surface area contributed by atoms with E-state index in [1.165, 1.54) is 6.07 Å². The maximum atomic E-state index is 13.8. The highest BCUT2D eigenvalue weighted by molar-refractivity contribution is 7.71. The van der Waals surface area contributed by atoms with Crippen molar-refractivity contribution in [2.45, 2.75) is 33.2 Å². The van der Waals surface area contributed by atoms with Gasteiger partial charge in [0.1, 0.15) is 5.82 Å². The van der Waals surface area contributed by atoms with E-state index >= 15 is 0 Å². The number of carbonyl (C=O) groups is 2. The lowest BCUT2D eigenvalue weighted by molar-refractivity contribution is 0.0945. The quantitative estimate of drug-likeness (QED) is 0.553. The minimum absolute atomic E-state index is 0.145. The van der Waals surface area contributed by atoms with Crippen LogP contribution in [0.3, 0.4) is 0 Å². The van der Waals surface area contributed by atoms with Crippen LogP contribution >= 0.6 is 12.2 Å². The number of hydrogen-bond donors (Lipinski definition) is 4. The monoisotopic (exact) mass is 382 g/mol. The molecule has 0 saturated heterocycles. The second kappa shape index (κ2) is 8.79. The third kappa shape index (κ3) is 5.29. The van der Waals surface area contributed by atoms with Crippen molar-refractivity contribution in [2.24, 2.45) is 5.92 Å². The standard InChI is InChI=1S/C17H23FN4O3S/c1-4-25-17(24)20-11(5-9(2)3)8-19-15(23)12-6-10(18)7-13-14(12)22-16(26)21-13/h6-7,9,11H,4-5,8H2,1-3H3,(H,19,23)(H,20,24)(H2,21,22,26). The molecule has 1 unspecified atom stereocenters. The summed E-state index contributed by atoms with van der Waals surface area (Å²) in [5.41, 5.74) is 1.00. The highest BCUT2D eigenvalue weighted by Gasteiger charge is 2.18. The largest absolute Gasteiger partial charge is 0.450 e. The van der Waals surface area contributed by atoms with E-state index < -0.39 is 17.8 Å². The van der Waals surface area contributed by atoms with E-state index in [0.29, 0.717) is 28.1 Å². The van der Waals surface area contributed by atoms with E-state index in [9.17, 15) is 14.0 Å². The first-order valence-electron chi connectivity index (χ1n) is 8.43. The number of fused-ring (bicyclic) bond motifs is 1. The molecular weight excluding hydrogens is 359 g/mol. The Labute approximate surface area is 155 Å². The predicted molar refractivity (Wildman–Crippen MR) is 99.2 cm³/mol. The van der Waals surface area contributed by atoms with Crippen molar-refractivity contribution in [3.63, 3.8) is 0 Å². The molecule has 0 fully saturated rings. The van der Waals surface area contributed by atoms with Crippen LogP contribution < -0.4 is 10.6 Å². The summed E-state index contributed by atoms with van der Waals surface area (Å²) >= 11 is 5.00. The lowest BCUT2D eigenvalue weighted by Crippen LogP contribution is -2.44. The molecule has 1 aromatic heterocycles. The summed E-state index contributed by atoms with van der Waals surface area (Å²) in [6.07, 6.45) is 0.125. The maximum Gasteiger partial charge on any atom is 0.407 e. The Bertz CT molecular complexity index is 846. The van der Waals surface area contributed by atoms with Crippen LogP contribution in [0.1, 0.15) is 37.6 Å². The number of hydrogen-bond acceptors (Lipinski definition) is 4. The van der Waals surface area contributed by atoms with Gasteiger partial charge in [-0.3, -0.25) is 4.79 Å². The number of carbonyl (C=O) groups excluding carboxylic acids is 2. The maximum absolute atomic E-state index is 13.8. The summed E-state index contributed by atoms with van der Waals surface area (Å²) < 4.78 is 19.0. The van der Waals surface area contributed by atoms with Crippen LogP contribution in [-0.4, -0.2) is 41.2 Å². The SMILES string of the molecule is CCOC(=O)NC(CNC(=O)c1cc(F)cc2[nH]c(=S)[nH]c12)CC(C)C. The number of amides is 2. The molecule has 0 aliphatic rings. The van der Waals surface area contributed by atoms with Crippen molar-refractivity contribution in [1.29, 1.82) is 0 Å². The number of alkyl carbamates (subject to hydrolysis) is 1. The van der Waals surface area contributed by atoms with Crippen molar-refractivity contribution in [1.82, 2.24) is 20.6 Å². The topological polar surface area (TPSA) is 99.0 Å². The van der Waals surface area contributed by atoms with Gasteiger partial charge in [0.25, 0.3) is 5.91 Å². The van der Waals surface area contributed by atoms with Gasteiger partial charge in [-0.05, 0) is 43.6 Å². The number of aromatic nitrogens is 2. The summed E-state index contributed by atoms with van der Waals surface area (Å²) in [4.78, 5) is 29.8. The summed E-state index contributed by atoms with van der Waals surface area (Å²) in [6.45, 7) is 6.20. The molecule has 7 nitrogen and oxygen atoms in total. The van der Waals surface area contributed by atoms with Crippen LogP contribution in [0, 0.1) is 16.5 Å². The molecule has 0 saturated carbocycles. The molecule has 2 aromatic rings. The smallest absolute Gasteiger partial charge is 0.407 e. The normalized spacial score (nSPS) is 12.2. The molecule has 0 spiro atoms. The summed E-state index contributed by atoms with van der Waals surface area (Å²) in [5, 5.41) is 5.46. The highest BCUT2D eigenvalue weighted by Crippen LogP contribution is 2.18. The molecule has 1 heterocycles. The van der Waals surface area contributed by atoms with Crippen LogP contribution in [0.25, 0.3) is 11.0 Å². The number of rotatable bonds is 7. The molecule has 26 heavy (non-hydrogen) atoms. The van der Waals surface area contributed by atoms with Gasteiger partial charge in [0.05, 0.1) is 23.2 Å². The Morgan fingerprint density at radius 2 is 2.04 bits per heavy atom. The van der Waals surface area contributed by atoms with Crippen LogP contribution in [0.15, 0.2) is 12.1 Å². The van der Waals surface area contributed by atoms with Gasteiger partial charge in [-0.25, -0.2) is 9.18 Å². The fourth-order valence-electron chi connectivity index (χ4n) is 2.70. The molecule has 0 bridgehead atoms. The second-order valence-electron chi connectivity index (χ2n) is 6.36. The highest BCUT2D eigenvalue weighted by atomic mass is 32.1. The first-order valence-corrected chi connectivity index (χ1v) is 8.84. The third-order valence-electron chi connectivity index (χ3n) is 3.70. The zero-order valence-corrected chi connectivity index (χ0v) is 15.8. The van der Waals surface area contributed by atoms with Gasteiger partial charge in [0, 0.05) is 12.6 Å². The Morgan fingerprint density at radius 1 is 1.31 bits per heavy atom. The summed E-state index contributed by atoms with van der Waals surface area (Å²) in [5.74, 6) is -0.698. The fraction of sp³-hybridized carbons (Fsp3) is 0.471. The molecule has 0 aliphatic heterocycles. The van der Waals surface area contributed by atoms with Crippen LogP contribution in [0.5, 0.6) is 0 Å². The number of H-pyrrole nitrogens is 2. The minimum atomic E-state index is -0.545. The lowest BCUT2D eigenvalue weighted by atomic mass is 10.0. The molecule has 0 radical (unpaired) electrons. The molecule has 4 N–H and O–H groups in total. The number of aromatic amines is 2. The number of ether oxygens (including phenoxy) is 1. The Kier molecular flexibility index (Phi) is 6.73. The number of imidazole rings is 1. The molecule has 9 heteroatoms. The van der Waals surface area contributed by atoms with E-state index in [1.807, 2.05) is 13.8 Å². The van der Waals surface area contributed by atoms with Crippen molar-refractivity contribution >= 4 is 35.3 Å². The van der Waals surface area contributed by atoms with Crippen molar-refractivity contribution < 1.29 is 18.7 Å². The molecule has 1 atom stereocenters. The van der Waals surface area contributed by atoms with Crippen molar-refractivity contribution in [3.8, 4) is 0 Å². The summed E-state index contributed by atoms with van der Waals surface area (Å²) in [7, 11) is 0. The van der Waals surface area contributed by atoms with Gasteiger partial charge in [0.15, 0.2) is 4.77 Å². The van der Waals surface area contributed by atoms with Gasteiger partial charge < -0.3 is 25.3 Å². The Balaban J connectivity index is 2.12. The summed E-state index contributed by atoms with van der Waals surface area (Å²) in [6, 6.07) is 2.11. The van der Waals surface area contributed by atoms with Crippen molar-refractivity contribution in [2.75, 3.05) is 13.2 Å². The second-order valence-corrected chi connectivity index (χ2v) is 6.76. The van der Waals surface area contributed by atoms with E-state index in [2.05, 4.69) is 20.6 Å². The number of benzene rings is 1. The third-order valence-corrected chi connectivity index (χ3v) is 3.90. The molecule has 2 amide bonds. The van der Waals surface area contributed by atoms with Crippen LogP contribution in [0.4, 0.5) is 9.18 Å². The van der Waals surface area contributed by atoms with E-state index in [0.717, 1.165) is 6.07 Å². The van der Waals surface area contributed by atoms with Gasteiger partial charge in [-0.1, -0.05) is 13.8 Å². The average molecular weight is 382 g/mol. The first kappa shape index (κ1) is 19.9. The number of halogens is 1. The van der Waals surface area contributed by atoms with Crippen LogP contribution in [-0.2, 0) is 4.74 Å².